The molecular formula is C26H25ClN4O2. The van der Waals surface area contributed by atoms with Crippen LogP contribution in [0.2, 0.25) is 5.02 Å². The van der Waals surface area contributed by atoms with Crippen LogP contribution < -0.4 is 0 Å². The van der Waals surface area contributed by atoms with E-state index < -0.39 is 5.60 Å². The lowest BCUT2D eigenvalue weighted by molar-refractivity contribution is -0.0211. The molecule has 3 heterocycles. The fourth-order valence-corrected chi connectivity index (χ4v) is 4.80. The maximum atomic E-state index is 13.7. The highest BCUT2D eigenvalue weighted by Gasteiger charge is 2.36. The molecule has 0 aliphatic carbocycles. The molecule has 1 fully saturated rings. The molecule has 168 valence electrons. The highest BCUT2D eigenvalue weighted by atomic mass is 35.5. The number of carbonyl (C=O) groups excluding carboxylic acids is 1. The summed E-state index contributed by atoms with van der Waals surface area (Å²) in [6.45, 7) is 2.82. The summed E-state index contributed by atoms with van der Waals surface area (Å²) in [5.41, 5.74) is 3.62. The van der Waals surface area contributed by atoms with Gasteiger partial charge in [-0.25, -0.2) is 4.98 Å². The monoisotopic (exact) mass is 460 g/mol. The summed E-state index contributed by atoms with van der Waals surface area (Å²) in [6, 6.07) is 19.0. The number of amides is 1. The minimum atomic E-state index is -0.964. The molecule has 1 aliphatic heterocycles. The van der Waals surface area contributed by atoms with Crippen LogP contribution in [-0.4, -0.2) is 43.8 Å². The number of benzene rings is 2. The SMILES string of the molecule is Cc1nn(C)c2nc(-c3ccccc3)cc(C(=O)N3CCC(O)(c4ccc(Cl)cc4)CC3)c12. The topological polar surface area (TPSA) is 71.2 Å². The summed E-state index contributed by atoms with van der Waals surface area (Å²) in [7, 11) is 1.85. The van der Waals surface area contributed by atoms with Crippen molar-refractivity contribution < 1.29 is 9.90 Å². The molecule has 2 aromatic heterocycles. The minimum Gasteiger partial charge on any atom is -0.385 e. The largest absolute Gasteiger partial charge is 0.385 e. The Balaban J connectivity index is 1.48. The van der Waals surface area contributed by atoms with Gasteiger partial charge in [-0.3, -0.25) is 9.48 Å². The molecule has 4 aromatic rings. The van der Waals surface area contributed by atoms with E-state index in [4.69, 9.17) is 16.6 Å². The fraction of sp³-hybridized carbons (Fsp3) is 0.269. The number of aromatic nitrogens is 3. The van der Waals surface area contributed by atoms with E-state index in [1.807, 2.05) is 67.4 Å². The first-order chi connectivity index (χ1) is 15.9. The summed E-state index contributed by atoms with van der Waals surface area (Å²) in [6.07, 6.45) is 0.929. The second-order valence-electron chi connectivity index (χ2n) is 8.66. The second-order valence-corrected chi connectivity index (χ2v) is 9.10. The van der Waals surface area contributed by atoms with E-state index in [0.717, 1.165) is 27.9 Å². The van der Waals surface area contributed by atoms with Crippen molar-refractivity contribution in [3.63, 3.8) is 0 Å². The Morgan fingerprint density at radius 1 is 1.06 bits per heavy atom. The number of rotatable bonds is 3. The van der Waals surface area contributed by atoms with Crippen LogP contribution in [0.5, 0.6) is 0 Å². The summed E-state index contributed by atoms with van der Waals surface area (Å²) >= 11 is 6.00. The van der Waals surface area contributed by atoms with Gasteiger partial charge in [-0.05, 0) is 43.5 Å². The predicted octanol–water partition coefficient (Wildman–Crippen LogP) is 4.72. The molecule has 5 rings (SSSR count). The number of likely N-dealkylation sites (tertiary alicyclic amines) is 1. The Labute approximate surface area is 197 Å². The number of nitrogens with zero attached hydrogens (tertiary/aromatic N) is 4. The lowest BCUT2D eigenvalue weighted by Crippen LogP contribution is -2.45. The lowest BCUT2D eigenvalue weighted by atomic mass is 9.84. The Bertz CT molecular complexity index is 1320. The van der Waals surface area contributed by atoms with Gasteiger partial charge in [-0.2, -0.15) is 5.10 Å². The molecule has 1 amide bonds. The summed E-state index contributed by atoms with van der Waals surface area (Å²) < 4.78 is 1.73. The van der Waals surface area contributed by atoms with Crippen LogP contribution in [0.1, 0.15) is 34.5 Å². The van der Waals surface area contributed by atoms with E-state index >= 15 is 0 Å². The number of piperidine rings is 1. The average molecular weight is 461 g/mol. The Kier molecular flexibility index (Phi) is 5.43. The number of hydrogen-bond donors (Lipinski definition) is 1. The average Bonchev–Trinajstić information content (AvgIpc) is 3.13. The van der Waals surface area contributed by atoms with Crippen molar-refractivity contribution in [1.29, 1.82) is 0 Å². The van der Waals surface area contributed by atoms with E-state index in [1.54, 1.807) is 16.8 Å². The van der Waals surface area contributed by atoms with Gasteiger partial charge in [0.1, 0.15) is 0 Å². The Morgan fingerprint density at radius 3 is 2.39 bits per heavy atom. The molecule has 1 N–H and O–H groups in total. The zero-order valence-corrected chi connectivity index (χ0v) is 19.4. The molecule has 0 saturated carbocycles. The summed E-state index contributed by atoms with van der Waals surface area (Å²) in [5.74, 6) is -0.0613. The van der Waals surface area contributed by atoms with Crippen molar-refractivity contribution in [3.05, 3.63) is 82.5 Å². The van der Waals surface area contributed by atoms with Gasteiger partial charge in [0.05, 0.1) is 27.9 Å². The first kappa shape index (κ1) is 21.6. The van der Waals surface area contributed by atoms with Crippen LogP contribution >= 0.6 is 11.6 Å². The van der Waals surface area contributed by atoms with Gasteiger partial charge in [-0.1, -0.05) is 54.1 Å². The highest BCUT2D eigenvalue weighted by molar-refractivity contribution is 6.30. The number of pyridine rings is 1. The van der Waals surface area contributed by atoms with E-state index in [2.05, 4.69) is 5.10 Å². The number of halogens is 1. The van der Waals surface area contributed by atoms with Crippen molar-refractivity contribution in [2.24, 2.45) is 7.05 Å². The van der Waals surface area contributed by atoms with Crippen molar-refractivity contribution in [2.75, 3.05) is 13.1 Å². The third-order valence-corrected chi connectivity index (χ3v) is 6.78. The lowest BCUT2D eigenvalue weighted by Gasteiger charge is -2.38. The number of aliphatic hydroxyl groups is 1. The van der Waals surface area contributed by atoms with Gasteiger partial charge in [0.25, 0.3) is 5.91 Å². The molecule has 6 nitrogen and oxygen atoms in total. The van der Waals surface area contributed by atoms with E-state index in [1.165, 1.54) is 0 Å². The smallest absolute Gasteiger partial charge is 0.254 e. The predicted molar refractivity (Wildman–Crippen MR) is 129 cm³/mol. The number of carbonyl (C=O) groups is 1. The summed E-state index contributed by atoms with van der Waals surface area (Å²) in [5, 5.41) is 17.1. The van der Waals surface area contributed by atoms with Crippen LogP contribution in [0.4, 0.5) is 0 Å². The molecule has 1 aliphatic rings. The van der Waals surface area contributed by atoms with Crippen LogP contribution in [0.15, 0.2) is 60.7 Å². The van der Waals surface area contributed by atoms with Crippen molar-refractivity contribution in [2.45, 2.75) is 25.4 Å². The second kappa shape index (κ2) is 8.28. The summed E-state index contributed by atoms with van der Waals surface area (Å²) in [4.78, 5) is 20.3. The number of hydrogen-bond acceptors (Lipinski definition) is 4. The Morgan fingerprint density at radius 2 is 1.73 bits per heavy atom. The minimum absolute atomic E-state index is 0.0613. The first-order valence-electron chi connectivity index (χ1n) is 11.0. The highest BCUT2D eigenvalue weighted by Crippen LogP contribution is 2.35. The number of aryl methyl sites for hydroxylation is 2. The van der Waals surface area contributed by atoms with Crippen molar-refractivity contribution in [1.82, 2.24) is 19.7 Å². The van der Waals surface area contributed by atoms with Crippen LogP contribution in [-0.2, 0) is 12.6 Å². The molecule has 0 bridgehead atoms. The van der Waals surface area contributed by atoms with Gasteiger partial charge in [0.15, 0.2) is 5.65 Å². The van der Waals surface area contributed by atoms with Gasteiger partial charge in [0, 0.05) is 30.7 Å². The molecule has 0 unspecified atom stereocenters. The maximum Gasteiger partial charge on any atom is 0.254 e. The van der Waals surface area contributed by atoms with Crippen LogP contribution in [0.3, 0.4) is 0 Å². The van der Waals surface area contributed by atoms with Gasteiger partial charge >= 0.3 is 0 Å². The van der Waals surface area contributed by atoms with Gasteiger partial charge in [0.2, 0.25) is 0 Å². The Hall–Kier alpha value is -3.22. The molecule has 0 radical (unpaired) electrons. The molecule has 0 atom stereocenters. The third-order valence-electron chi connectivity index (χ3n) is 6.53. The standard InChI is InChI=1S/C26H25ClN4O2/c1-17-23-21(16-22(18-6-4-3-5-7-18)28-24(23)30(2)29-17)25(32)31-14-12-26(33,13-15-31)19-8-10-20(27)11-9-19/h3-11,16,33H,12-15H2,1-2H3. The zero-order chi connectivity index (χ0) is 23.2. The van der Waals surface area contributed by atoms with Crippen LogP contribution in [0.25, 0.3) is 22.3 Å². The van der Waals surface area contributed by atoms with Crippen LogP contribution in [0, 0.1) is 6.92 Å². The van der Waals surface area contributed by atoms with E-state index in [-0.39, 0.29) is 5.91 Å². The molecule has 7 heteroatoms. The molecule has 1 saturated heterocycles. The van der Waals surface area contributed by atoms with Gasteiger partial charge in [-0.15, -0.1) is 0 Å². The van der Waals surface area contributed by atoms with E-state index in [0.29, 0.717) is 42.2 Å². The zero-order valence-electron chi connectivity index (χ0n) is 18.6. The number of fused-ring (bicyclic) bond motifs is 1. The van der Waals surface area contributed by atoms with Crippen molar-refractivity contribution >= 4 is 28.5 Å². The quantitative estimate of drug-likeness (QED) is 0.480. The molecule has 0 spiro atoms. The van der Waals surface area contributed by atoms with E-state index in [9.17, 15) is 9.90 Å². The molecule has 33 heavy (non-hydrogen) atoms. The van der Waals surface area contributed by atoms with Crippen molar-refractivity contribution in [3.8, 4) is 11.3 Å². The maximum absolute atomic E-state index is 13.7. The fourth-order valence-electron chi connectivity index (χ4n) is 4.67. The van der Waals surface area contributed by atoms with Gasteiger partial charge < -0.3 is 10.0 Å². The third kappa shape index (κ3) is 3.90. The molecular weight excluding hydrogens is 436 g/mol. The normalized spacial score (nSPS) is 15.7. The first-order valence-corrected chi connectivity index (χ1v) is 11.4. The molecule has 2 aromatic carbocycles.